The molecule has 0 aromatic heterocycles. The second kappa shape index (κ2) is 7.48. The van der Waals surface area contributed by atoms with Gasteiger partial charge in [-0.2, -0.15) is 5.26 Å². The van der Waals surface area contributed by atoms with Crippen LogP contribution < -0.4 is 0 Å². The van der Waals surface area contributed by atoms with Gasteiger partial charge in [0, 0.05) is 44.4 Å². The van der Waals surface area contributed by atoms with E-state index in [9.17, 15) is 14.0 Å². The molecule has 1 saturated heterocycles. The van der Waals surface area contributed by atoms with Crippen LogP contribution >= 0.6 is 0 Å². The fraction of sp³-hybridized carbons (Fsp3) is 0.562. The van der Waals surface area contributed by atoms with Crippen molar-refractivity contribution in [2.24, 2.45) is 0 Å². The second-order valence-corrected chi connectivity index (χ2v) is 5.48. The Morgan fingerprint density at radius 1 is 1.24 bits per heavy atom. The zero-order chi connectivity index (χ0) is 15.2. The lowest BCUT2D eigenvalue weighted by molar-refractivity contribution is 0.105. The van der Waals surface area contributed by atoms with Gasteiger partial charge in [-0.05, 0) is 12.5 Å². The van der Waals surface area contributed by atoms with Crippen LogP contribution in [-0.2, 0) is 6.54 Å². The molecule has 1 aromatic rings. The molecule has 0 aliphatic carbocycles. The van der Waals surface area contributed by atoms with Crippen LogP contribution in [0.2, 0.25) is 0 Å². The number of nitriles is 1. The third-order valence-corrected chi connectivity index (χ3v) is 3.97. The first-order chi connectivity index (χ1) is 10.1. The van der Waals surface area contributed by atoms with Crippen LogP contribution in [0.4, 0.5) is 8.78 Å². The average molecular weight is 293 g/mol. The van der Waals surface area contributed by atoms with E-state index in [4.69, 9.17) is 0 Å². The summed E-state index contributed by atoms with van der Waals surface area (Å²) >= 11 is 0. The molecular weight excluding hydrogens is 272 g/mol. The van der Waals surface area contributed by atoms with E-state index < -0.39 is 11.6 Å². The van der Waals surface area contributed by atoms with E-state index in [0.29, 0.717) is 12.1 Å². The molecule has 0 radical (unpaired) electrons. The van der Waals surface area contributed by atoms with Crippen molar-refractivity contribution in [2.45, 2.75) is 32.4 Å². The van der Waals surface area contributed by atoms with Crippen molar-refractivity contribution in [3.05, 3.63) is 35.4 Å². The Morgan fingerprint density at radius 2 is 1.95 bits per heavy atom. The fourth-order valence-corrected chi connectivity index (χ4v) is 2.73. The fourth-order valence-electron chi connectivity index (χ4n) is 2.73. The maximum atomic E-state index is 13.6. The van der Waals surface area contributed by atoms with Crippen LogP contribution in [0.15, 0.2) is 18.2 Å². The molecule has 1 heterocycles. The minimum atomic E-state index is -0.544. The average Bonchev–Trinajstić information content (AvgIpc) is 2.48. The van der Waals surface area contributed by atoms with E-state index in [0.717, 1.165) is 45.1 Å². The topological polar surface area (TPSA) is 30.3 Å². The number of nitrogens with zero attached hydrogens (tertiary/aromatic N) is 3. The van der Waals surface area contributed by atoms with Crippen LogP contribution in [0, 0.1) is 23.0 Å². The van der Waals surface area contributed by atoms with Crippen LogP contribution in [0.3, 0.4) is 0 Å². The van der Waals surface area contributed by atoms with Crippen molar-refractivity contribution >= 4 is 0 Å². The minimum absolute atomic E-state index is 0.0142. The van der Waals surface area contributed by atoms with E-state index in [1.54, 1.807) is 0 Å². The number of hydrogen-bond acceptors (Lipinski definition) is 3. The van der Waals surface area contributed by atoms with Crippen molar-refractivity contribution < 1.29 is 8.78 Å². The van der Waals surface area contributed by atoms with Crippen LogP contribution in [-0.4, -0.2) is 42.0 Å². The van der Waals surface area contributed by atoms with Gasteiger partial charge in [-0.15, -0.1) is 0 Å². The molecule has 0 amide bonds. The Kier molecular flexibility index (Phi) is 5.66. The summed E-state index contributed by atoms with van der Waals surface area (Å²) in [5, 5.41) is 9.18. The summed E-state index contributed by atoms with van der Waals surface area (Å²) in [6.45, 7) is 5.82. The van der Waals surface area contributed by atoms with Crippen LogP contribution in [0.25, 0.3) is 0 Å². The van der Waals surface area contributed by atoms with Crippen LogP contribution in [0.5, 0.6) is 0 Å². The summed E-state index contributed by atoms with van der Waals surface area (Å²) in [4.78, 5) is 4.34. The molecule has 5 heteroatoms. The molecule has 1 aliphatic rings. The lowest BCUT2D eigenvalue weighted by Gasteiger charge is -2.36. The van der Waals surface area contributed by atoms with Gasteiger partial charge in [0.05, 0.1) is 12.1 Å². The molecule has 1 aromatic carbocycles. The maximum absolute atomic E-state index is 13.6. The number of benzene rings is 1. The molecule has 1 aliphatic heterocycles. The lowest BCUT2D eigenvalue weighted by atomic mass is 10.1. The van der Waals surface area contributed by atoms with Gasteiger partial charge in [-0.3, -0.25) is 9.80 Å². The lowest BCUT2D eigenvalue weighted by Crippen LogP contribution is -2.49. The van der Waals surface area contributed by atoms with Gasteiger partial charge >= 0.3 is 0 Å². The third-order valence-electron chi connectivity index (χ3n) is 3.97. The highest BCUT2D eigenvalue weighted by molar-refractivity contribution is 5.18. The van der Waals surface area contributed by atoms with E-state index in [1.807, 2.05) is 0 Å². The predicted octanol–water partition coefficient (Wildman–Crippen LogP) is 2.77. The van der Waals surface area contributed by atoms with Gasteiger partial charge in [-0.25, -0.2) is 8.78 Å². The summed E-state index contributed by atoms with van der Waals surface area (Å²) < 4.78 is 26.5. The number of rotatable bonds is 5. The zero-order valence-corrected chi connectivity index (χ0v) is 12.4. The van der Waals surface area contributed by atoms with Gasteiger partial charge in [0.25, 0.3) is 0 Å². The molecule has 114 valence electrons. The molecule has 21 heavy (non-hydrogen) atoms. The van der Waals surface area contributed by atoms with E-state index in [-0.39, 0.29) is 6.04 Å². The van der Waals surface area contributed by atoms with Gasteiger partial charge in [0.2, 0.25) is 0 Å². The molecule has 0 saturated carbocycles. The molecule has 1 unspecified atom stereocenters. The Labute approximate surface area is 124 Å². The van der Waals surface area contributed by atoms with Gasteiger partial charge in [-0.1, -0.05) is 19.4 Å². The quantitative estimate of drug-likeness (QED) is 0.836. The number of hydrogen-bond donors (Lipinski definition) is 0. The normalized spacial score (nSPS) is 18.4. The highest BCUT2D eigenvalue weighted by Crippen LogP contribution is 2.15. The Morgan fingerprint density at radius 3 is 2.52 bits per heavy atom. The first kappa shape index (κ1) is 15.9. The van der Waals surface area contributed by atoms with Gasteiger partial charge in [0.1, 0.15) is 11.6 Å². The van der Waals surface area contributed by atoms with Crippen LogP contribution in [0.1, 0.15) is 25.3 Å². The molecular formula is C16H21F2N3. The van der Waals surface area contributed by atoms with Crippen molar-refractivity contribution in [3.63, 3.8) is 0 Å². The third kappa shape index (κ3) is 4.23. The first-order valence-electron chi connectivity index (χ1n) is 7.44. The zero-order valence-electron chi connectivity index (χ0n) is 12.4. The Balaban J connectivity index is 1.88. The molecule has 1 atom stereocenters. The predicted molar refractivity (Wildman–Crippen MR) is 77.5 cm³/mol. The highest BCUT2D eigenvalue weighted by Gasteiger charge is 2.23. The summed E-state index contributed by atoms with van der Waals surface area (Å²) in [6.07, 6.45) is 1.89. The summed E-state index contributed by atoms with van der Waals surface area (Å²) in [5.74, 6) is -1.03. The molecule has 2 rings (SSSR count). The number of halogens is 2. The first-order valence-corrected chi connectivity index (χ1v) is 7.44. The monoisotopic (exact) mass is 293 g/mol. The second-order valence-electron chi connectivity index (χ2n) is 5.48. The van der Waals surface area contributed by atoms with Crippen molar-refractivity contribution in [1.82, 2.24) is 9.80 Å². The number of piperazine rings is 1. The highest BCUT2D eigenvalue weighted by atomic mass is 19.1. The van der Waals surface area contributed by atoms with Crippen molar-refractivity contribution in [3.8, 4) is 6.07 Å². The molecule has 3 nitrogen and oxygen atoms in total. The molecule has 0 N–H and O–H groups in total. The molecule has 1 fully saturated rings. The Bertz CT molecular complexity index is 505. The van der Waals surface area contributed by atoms with Gasteiger partial charge in [0.15, 0.2) is 0 Å². The standard InChI is InChI=1S/C16H21F2N3/c1-2-3-15(11-19)21-8-6-20(7-9-21)12-13-4-5-14(17)10-16(13)18/h4-5,10,15H,2-3,6-9,12H2,1H3. The van der Waals surface area contributed by atoms with E-state index >= 15 is 0 Å². The molecule has 0 spiro atoms. The maximum Gasteiger partial charge on any atom is 0.130 e. The minimum Gasteiger partial charge on any atom is -0.296 e. The largest absolute Gasteiger partial charge is 0.296 e. The van der Waals surface area contributed by atoms with Crippen molar-refractivity contribution in [2.75, 3.05) is 26.2 Å². The smallest absolute Gasteiger partial charge is 0.130 e. The summed E-state index contributed by atoms with van der Waals surface area (Å²) in [5.41, 5.74) is 0.523. The Hall–Kier alpha value is -1.51. The SMILES string of the molecule is CCCC(C#N)N1CCN(Cc2ccc(F)cc2F)CC1. The van der Waals surface area contributed by atoms with E-state index in [2.05, 4.69) is 22.8 Å². The van der Waals surface area contributed by atoms with E-state index in [1.165, 1.54) is 12.1 Å². The summed E-state index contributed by atoms with van der Waals surface area (Å²) in [7, 11) is 0. The van der Waals surface area contributed by atoms with Crippen molar-refractivity contribution in [1.29, 1.82) is 5.26 Å². The molecule has 0 bridgehead atoms. The summed E-state index contributed by atoms with van der Waals surface area (Å²) in [6, 6.07) is 6.07. The van der Waals surface area contributed by atoms with Gasteiger partial charge < -0.3 is 0 Å².